The topological polar surface area (TPSA) is 119 Å². The third-order valence-electron chi connectivity index (χ3n) is 3.83. The Morgan fingerprint density at radius 1 is 1.23 bits per heavy atom. The van der Waals surface area contributed by atoms with Gasteiger partial charge in [-0.05, 0) is 37.5 Å². The molecule has 22 heavy (non-hydrogen) atoms. The fourth-order valence-electron chi connectivity index (χ4n) is 2.48. The van der Waals surface area contributed by atoms with E-state index in [1.54, 1.807) is 18.2 Å². The molecule has 7 nitrogen and oxygen atoms in total. The van der Waals surface area contributed by atoms with Gasteiger partial charge in [-0.2, -0.15) is 0 Å². The second kappa shape index (κ2) is 6.46. The summed E-state index contributed by atoms with van der Waals surface area (Å²) < 4.78 is 0. The maximum atomic E-state index is 12.1. The molecule has 1 aliphatic rings. The quantitative estimate of drug-likeness (QED) is 0.535. The number of likely N-dealkylation sites (tertiary alicyclic amines) is 1. The number of nitrogens with two attached hydrogens (primary N) is 2. The van der Waals surface area contributed by atoms with Crippen LogP contribution in [0.2, 0.25) is 0 Å². The Kier molecular flexibility index (Phi) is 4.65. The van der Waals surface area contributed by atoms with E-state index in [2.05, 4.69) is 5.32 Å². The highest BCUT2D eigenvalue weighted by molar-refractivity contribution is 6.39. The van der Waals surface area contributed by atoms with Gasteiger partial charge in [-0.25, -0.2) is 0 Å². The summed E-state index contributed by atoms with van der Waals surface area (Å²) in [7, 11) is 0. The molecule has 7 heteroatoms. The van der Waals surface area contributed by atoms with Crippen LogP contribution in [-0.4, -0.2) is 35.7 Å². The number of carbonyl (C=O) groups is 3. The van der Waals surface area contributed by atoms with Gasteiger partial charge in [-0.15, -0.1) is 0 Å². The van der Waals surface area contributed by atoms with Crippen molar-refractivity contribution in [3.63, 3.8) is 0 Å². The summed E-state index contributed by atoms with van der Waals surface area (Å²) in [6, 6.07) is 5.18. The SMILES string of the molecule is Cc1ccc(NC(=O)C(=O)N2CCC(C(N)=O)CC2)c(N)c1. The number of hydrogen-bond acceptors (Lipinski definition) is 4. The second-order valence-electron chi connectivity index (χ2n) is 5.51. The van der Waals surface area contributed by atoms with Crippen molar-refractivity contribution in [1.82, 2.24) is 4.90 Å². The van der Waals surface area contributed by atoms with Crippen LogP contribution in [0.4, 0.5) is 11.4 Å². The molecule has 0 aliphatic carbocycles. The number of piperidine rings is 1. The molecule has 3 amide bonds. The van der Waals surface area contributed by atoms with Crippen LogP contribution in [0.3, 0.4) is 0 Å². The van der Waals surface area contributed by atoms with Gasteiger partial charge in [0.2, 0.25) is 5.91 Å². The van der Waals surface area contributed by atoms with E-state index in [9.17, 15) is 14.4 Å². The van der Waals surface area contributed by atoms with Gasteiger partial charge in [0.1, 0.15) is 0 Å². The first kappa shape index (κ1) is 15.8. The molecular formula is C15H20N4O3. The molecule has 0 bridgehead atoms. The van der Waals surface area contributed by atoms with Crippen LogP contribution in [0, 0.1) is 12.8 Å². The van der Waals surface area contributed by atoms with E-state index < -0.39 is 11.8 Å². The van der Waals surface area contributed by atoms with E-state index in [0.717, 1.165) is 5.56 Å². The Bertz CT molecular complexity index is 607. The molecule has 5 N–H and O–H groups in total. The van der Waals surface area contributed by atoms with Crippen molar-refractivity contribution < 1.29 is 14.4 Å². The Balaban J connectivity index is 1.95. The zero-order valence-electron chi connectivity index (χ0n) is 12.5. The van der Waals surface area contributed by atoms with Gasteiger partial charge in [0.25, 0.3) is 0 Å². The zero-order chi connectivity index (χ0) is 16.3. The lowest BCUT2D eigenvalue weighted by Crippen LogP contribution is -2.46. The Morgan fingerprint density at radius 2 is 1.86 bits per heavy atom. The summed E-state index contributed by atoms with van der Waals surface area (Å²) in [5, 5.41) is 2.52. The minimum atomic E-state index is -0.729. The lowest BCUT2D eigenvalue weighted by Gasteiger charge is -2.30. The summed E-state index contributed by atoms with van der Waals surface area (Å²) in [4.78, 5) is 36.7. The van der Waals surface area contributed by atoms with Crippen molar-refractivity contribution in [3.8, 4) is 0 Å². The van der Waals surface area contributed by atoms with Crippen LogP contribution < -0.4 is 16.8 Å². The van der Waals surface area contributed by atoms with E-state index in [1.165, 1.54) is 4.90 Å². The first-order chi connectivity index (χ1) is 10.4. The van der Waals surface area contributed by atoms with Gasteiger partial charge in [0.05, 0.1) is 11.4 Å². The van der Waals surface area contributed by atoms with Gasteiger partial charge in [-0.1, -0.05) is 6.07 Å². The van der Waals surface area contributed by atoms with Crippen LogP contribution in [0.15, 0.2) is 18.2 Å². The number of aryl methyl sites for hydroxylation is 1. The normalized spacial score (nSPS) is 15.4. The number of anilines is 2. The van der Waals surface area contributed by atoms with E-state index in [4.69, 9.17) is 11.5 Å². The minimum absolute atomic E-state index is 0.222. The number of nitrogens with zero attached hydrogens (tertiary/aromatic N) is 1. The molecule has 0 spiro atoms. The van der Waals surface area contributed by atoms with E-state index >= 15 is 0 Å². The van der Waals surface area contributed by atoms with Crippen molar-refractivity contribution in [1.29, 1.82) is 0 Å². The number of benzene rings is 1. The number of nitrogens with one attached hydrogen (secondary N) is 1. The molecule has 1 aliphatic heterocycles. The van der Waals surface area contributed by atoms with Crippen molar-refractivity contribution in [2.24, 2.45) is 11.7 Å². The van der Waals surface area contributed by atoms with Crippen LogP contribution in [0.25, 0.3) is 0 Å². The summed E-state index contributed by atoms with van der Waals surface area (Å²) >= 11 is 0. The van der Waals surface area contributed by atoms with E-state index in [0.29, 0.717) is 37.3 Å². The molecule has 0 unspecified atom stereocenters. The highest BCUT2D eigenvalue weighted by atomic mass is 16.2. The smallest absolute Gasteiger partial charge is 0.313 e. The molecule has 0 atom stereocenters. The fraction of sp³-hybridized carbons (Fsp3) is 0.400. The van der Waals surface area contributed by atoms with Gasteiger partial charge < -0.3 is 21.7 Å². The second-order valence-corrected chi connectivity index (χ2v) is 5.51. The van der Waals surface area contributed by atoms with Crippen molar-refractivity contribution in [2.75, 3.05) is 24.1 Å². The number of primary amides is 1. The largest absolute Gasteiger partial charge is 0.397 e. The van der Waals surface area contributed by atoms with Crippen LogP contribution >= 0.6 is 0 Å². The maximum absolute atomic E-state index is 12.1. The number of carbonyl (C=O) groups excluding carboxylic acids is 3. The van der Waals surface area contributed by atoms with Gasteiger partial charge in [0.15, 0.2) is 0 Å². The molecule has 0 saturated carbocycles. The summed E-state index contributed by atoms with van der Waals surface area (Å²) in [6.07, 6.45) is 0.974. The highest BCUT2D eigenvalue weighted by Crippen LogP contribution is 2.20. The Labute approximate surface area is 128 Å². The lowest BCUT2D eigenvalue weighted by atomic mass is 9.96. The van der Waals surface area contributed by atoms with Gasteiger partial charge in [0, 0.05) is 19.0 Å². The van der Waals surface area contributed by atoms with Crippen molar-refractivity contribution in [2.45, 2.75) is 19.8 Å². The summed E-state index contributed by atoms with van der Waals surface area (Å²) in [5.41, 5.74) is 12.8. The lowest BCUT2D eigenvalue weighted by molar-refractivity contribution is -0.144. The average Bonchev–Trinajstić information content (AvgIpc) is 2.49. The maximum Gasteiger partial charge on any atom is 0.313 e. The molecular weight excluding hydrogens is 284 g/mol. The molecule has 1 aromatic rings. The van der Waals surface area contributed by atoms with E-state index in [1.807, 2.05) is 6.92 Å². The third-order valence-corrected chi connectivity index (χ3v) is 3.83. The van der Waals surface area contributed by atoms with Gasteiger partial charge >= 0.3 is 11.8 Å². The summed E-state index contributed by atoms with van der Waals surface area (Å²) in [5.74, 6) is -1.93. The molecule has 2 rings (SSSR count). The molecule has 118 valence electrons. The Hall–Kier alpha value is -2.57. The third kappa shape index (κ3) is 3.55. The van der Waals surface area contributed by atoms with Crippen LogP contribution in [0.1, 0.15) is 18.4 Å². The van der Waals surface area contributed by atoms with E-state index in [-0.39, 0.29) is 11.8 Å². The molecule has 0 aromatic heterocycles. The highest BCUT2D eigenvalue weighted by Gasteiger charge is 2.29. The Morgan fingerprint density at radius 3 is 2.41 bits per heavy atom. The molecule has 1 heterocycles. The van der Waals surface area contributed by atoms with Crippen LogP contribution in [0.5, 0.6) is 0 Å². The first-order valence-corrected chi connectivity index (χ1v) is 7.14. The number of nitrogen functional groups attached to an aromatic ring is 1. The predicted octanol–water partition coefficient (Wildman–Crippen LogP) is 0.240. The zero-order valence-corrected chi connectivity index (χ0v) is 12.5. The summed E-state index contributed by atoms with van der Waals surface area (Å²) in [6.45, 7) is 2.59. The number of hydrogen-bond donors (Lipinski definition) is 3. The van der Waals surface area contributed by atoms with Crippen LogP contribution in [-0.2, 0) is 14.4 Å². The molecule has 1 fully saturated rings. The monoisotopic (exact) mass is 304 g/mol. The van der Waals surface area contributed by atoms with Gasteiger partial charge in [-0.3, -0.25) is 14.4 Å². The minimum Gasteiger partial charge on any atom is -0.397 e. The van der Waals surface area contributed by atoms with Crippen molar-refractivity contribution >= 4 is 29.1 Å². The average molecular weight is 304 g/mol. The van der Waals surface area contributed by atoms with Crippen molar-refractivity contribution in [3.05, 3.63) is 23.8 Å². The number of rotatable bonds is 2. The molecule has 1 aromatic carbocycles. The first-order valence-electron chi connectivity index (χ1n) is 7.14. The molecule has 0 radical (unpaired) electrons. The standard InChI is InChI=1S/C15H20N4O3/c1-9-2-3-12(11(16)8-9)18-14(21)15(22)19-6-4-10(5-7-19)13(17)20/h2-3,8,10H,4-7,16H2,1H3,(H2,17,20)(H,18,21). The number of amides is 3. The predicted molar refractivity (Wildman–Crippen MR) is 82.7 cm³/mol. The molecule has 1 saturated heterocycles. The fourth-order valence-corrected chi connectivity index (χ4v) is 2.48.